The van der Waals surface area contributed by atoms with Crippen LogP contribution in [0.5, 0.6) is 5.75 Å². The number of phenols is 1. The molecule has 1 atom stereocenters. The molecule has 1 rings (SSSR count). The van der Waals surface area contributed by atoms with Crippen LogP contribution in [0.15, 0.2) is 36.9 Å². The fraction of sp³-hybridized carbons (Fsp3) is 0.357. The maximum Gasteiger partial charge on any atom is 0.316 e. The first-order chi connectivity index (χ1) is 8.04. The van der Waals surface area contributed by atoms with Crippen molar-refractivity contribution in [2.75, 3.05) is 6.61 Å². The van der Waals surface area contributed by atoms with Gasteiger partial charge in [0.25, 0.3) is 0 Å². The number of phenolic OH excluding ortho intramolecular Hbond substituents is 1. The number of carbonyl (C=O) groups excluding carboxylic acids is 1. The van der Waals surface area contributed by atoms with E-state index in [1.807, 2.05) is 6.92 Å². The molecule has 0 radical (unpaired) electrons. The molecule has 0 amide bonds. The third-order valence-corrected chi connectivity index (χ3v) is 2.78. The molecule has 0 aliphatic heterocycles. The van der Waals surface area contributed by atoms with Crippen LogP contribution in [0, 0.1) is 0 Å². The number of hydrogen-bond acceptors (Lipinski definition) is 3. The number of hydrogen-bond donors (Lipinski definition) is 1. The average Bonchev–Trinajstić information content (AvgIpc) is 2.30. The normalized spacial score (nSPS) is 13.8. The van der Waals surface area contributed by atoms with E-state index in [4.69, 9.17) is 4.74 Å². The van der Waals surface area contributed by atoms with Crippen LogP contribution in [0.2, 0.25) is 0 Å². The van der Waals surface area contributed by atoms with E-state index in [1.165, 1.54) is 0 Å². The number of carbonyl (C=O) groups is 1. The van der Waals surface area contributed by atoms with Gasteiger partial charge in [0.1, 0.15) is 5.75 Å². The summed E-state index contributed by atoms with van der Waals surface area (Å²) in [6.07, 6.45) is 2.19. The van der Waals surface area contributed by atoms with Gasteiger partial charge in [0.2, 0.25) is 0 Å². The minimum atomic E-state index is -0.745. The molecule has 1 N–H and O–H groups in total. The molecule has 0 aliphatic rings. The number of esters is 1. The Balaban J connectivity index is 3.10. The predicted molar refractivity (Wildman–Crippen MR) is 66.9 cm³/mol. The predicted octanol–water partition coefficient (Wildman–Crippen LogP) is 2.79. The molecule has 3 heteroatoms. The number of benzene rings is 1. The van der Waals surface area contributed by atoms with E-state index in [-0.39, 0.29) is 11.7 Å². The van der Waals surface area contributed by atoms with Gasteiger partial charge in [-0.05, 0) is 38.0 Å². The lowest BCUT2D eigenvalue weighted by Gasteiger charge is -2.26. The second kappa shape index (κ2) is 5.53. The lowest BCUT2D eigenvalue weighted by Crippen LogP contribution is -2.34. The molecular weight excluding hydrogens is 216 g/mol. The molecule has 1 aromatic rings. The zero-order chi connectivity index (χ0) is 12.9. The van der Waals surface area contributed by atoms with Crippen molar-refractivity contribution in [2.45, 2.75) is 25.7 Å². The third kappa shape index (κ3) is 2.87. The van der Waals surface area contributed by atoms with Crippen molar-refractivity contribution in [3.05, 3.63) is 42.5 Å². The van der Waals surface area contributed by atoms with Crippen LogP contribution in [0.3, 0.4) is 0 Å². The van der Waals surface area contributed by atoms with Crippen LogP contribution in [-0.4, -0.2) is 17.7 Å². The molecule has 0 saturated carbocycles. The highest BCUT2D eigenvalue weighted by atomic mass is 16.5. The highest BCUT2D eigenvalue weighted by molar-refractivity contribution is 5.83. The van der Waals surface area contributed by atoms with Crippen LogP contribution in [0.4, 0.5) is 0 Å². The van der Waals surface area contributed by atoms with Crippen molar-refractivity contribution in [2.24, 2.45) is 0 Å². The Morgan fingerprint density at radius 2 is 2.06 bits per heavy atom. The zero-order valence-corrected chi connectivity index (χ0v) is 10.3. The molecule has 0 spiro atoms. The zero-order valence-electron chi connectivity index (χ0n) is 10.3. The second-order valence-corrected chi connectivity index (χ2v) is 4.09. The van der Waals surface area contributed by atoms with E-state index in [0.29, 0.717) is 13.0 Å². The van der Waals surface area contributed by atoms with E-state index in [0.717, 1.165) is 5.56 Å². The quantitative estimate of drug-likeness (QED) is 0.629. The highest BCUT2D eigenvalue weighted by Crippen LogP contribution is 2.30. The van der Waals surface area contributed by atoms with Gasteiger partial charge in [-0.2, -0.15) is 0 Å². The van der Waals surface area contributed by atoms with Gasteiger partial charge in [0, 0.05) is 0 Å². The van der Waals surface area contributed by atoms with E-state index in [1.54, 1.807) is 37.3 Å². The minimum Gasteiger partial charge on any atom is -0.508 e. The Labute approximate surface area is 102 Å². The summed E-state index contributed by atoms with van der Waals surface area (Å²) in [7, 11) is 0. The van der Waals surface area contributed by atoms with Crippen molar-refractivity contribution >= 4 is 5.97 Å². The topological polar surface area (TPSA) is 46.5 Å². The highest BCUT2D eigenvalue weighted by Gasteiger charge is 2.35. The molecule has 0 fully saturated rings. The molecule has 0 bridgehead atoms. The maximum atomic E-state index is 12.0. The molecule has 0 aromatic heterocycles. The fourth-order valence-electron chi connectivity index (χ4n) is 1.73. The molecule has 92 valence electrons. The summed E-state index contributed by atoms with van der Waals surface area (Å²) in [5.74, 6) is -0.0934. The Hall–Kier alpha value is -1.77. The van der Waals surface area contributed by atoms with Gasteiger partial charge in [0.15, 0.2) is 0 Å². The molecule has 3 nitrogen and oxygen atoms in total. The molecule has 1 aromatic carbocycles. The minimum absolute atomic E-state index is 0.179. The van der Waals surface area contributed by atoms with Gasteiger partial charge in [0.05, 0.1) is 12.0 Å². The lowest BCUT2D eigenvalue weighted by molar-refractivity contribution is -0.149. The Morgan fingerprint density at radius 3 is 2.53 bits per heavy atom. The second-order valence-electron chi connectivity index (χ2n) is 4.09. The molecule has 0 heterocycles. The Kier molecular flexibility index (Phi) is 4.32. The third-order valence-electron chi connectivity index (χ3n) is 2.78. The van der Waals surface area contributed by atoms with Crippen LogP contribution in [0.25, 0.3) is 0 Å². The first kappa shape index (κ1) is 13.3. The van der Waals surface area contributed by atoms with Crippen molar-refractivity contribution < 1.29 is 14.6 Å². The summed E-state index contributed by atoms with van der Waals surface area (Å²) in [5, 5.41) is 9.26. The number of rotatable bonds is 5. The van der Waals surface area contributed by atoms with Crippen molar-refractivity contribution in [1.29, 1.82) is 0 Å². The van der Waals surface area contributed by atoms with Gasteiger partial charge in [-0.15, -0.1) is 6.58 Å². The monoisotopic (exact) mass is 234 g/mol. The van der Waals surface area contributed by atoms with Gasteiger partial charge < -0.3 is 9.84 Å². The van der Waals surface area contributed by atoms with E-state index >= 15 is 0 Å². The van der Waals surface area contributed by atoms with Crippen molar-refractivity contribution in [3.8, 4) is 5.75 Å². The van der Waals surface area contributed by atoms with Crippen LogP contribution in [0.1, 0.15) is 25.8 Å². The lowest BCUT2D eigenvalue weighted by atomic mass is 9.79. The van der Waals surface area contributed by atoms with E-state index in [9.17, 15) is 9.90 Å². The van der Waals surface area contributed by atoms with Gasteiger partial charge >= 0.3 is 5.97 Å². The molecule has 0 saturated heterocycles. The van der Waals surface area contributed by atoms with Crippen LogP contribution < -0.4 is 0 Å². The van der Waals surface area contributed by atoms with Gasteiger partial charge in [-0.25, -0.2) is 0 Å². The fourth-order valence-corrected chi connectivity index (χ4v) is 1.73. The smallest absolute Gasteiger partial charge is 0.316 e. The molecule has 1 unspecified atom stereocenters. The average molecular weight is 234 g/mol. The number of ether oxygens (including phenoxy) is 1. The summed E-state index contributed by atoms with van der Waals surface area (Å²) in [5.41, 5.74) is 0.0690. The first-order valence-electron chi connectivity index (χ1n) is 5.62. The summed E-state index contributed by atoms with van der Waals surface area (Å²) >= 11 is 0. The molecule has 0 aliphatic carbocycles. The summed E-state index contributed by atoms with van der Waals surface area (Å²) < 4.78 is 5.10. The summed E-state index contributed by atoms with van der Waals surface area (Å²) in [6, 6.07) is 6.59. The van der Waals surface area contributed by atoms with E-state index in [2.05, 4.69) is 6.58 Å². The largest absolute Gasteiger partial charge is 0.508 e. The number of aromatic hydroxyl groups is 1. The Bertz CT molecular complexity index is 394. The van der Waals surface area contributed by atoms with Crippen LogP contribution >= 0.6 is 0 Å². The first-order valence-corrected chi connectivity index (χ1v) is 5.62. The van der Waals surface area contributed by atoms with Crippen LogP contribution in [-0.2, 0) is 14.9 Å². The Morgan fingerprint density at radius 1 is 1.47 bits per heavy atom. The van der Waals surface area contributed by atoms with Crippen molar-refractivity contribution in [3.63, 3.8) is 0 Å². The summed E-state index contributed by atoms with van der Waals surface area (Å²) in [4.78, 5) is 12.0. The SMILES string of the molecule is C=CCC(C)(C(=O)OCC)c1ccc(O)cc1. The van der Waals surface area contributed by atoms with Crippen molar-refractivity contribution in [1.82, 2.24) is 0 Å². The standard InChI is InChI=1S/C14H18O3/c1-4-10-14(3,13(16)17-5-2)11-6-8-12(15)9-7-11/h4,6-9,15H,1,5,10H2,2-3H3. The number of allylic oxidation sites excluding steroid dienone is 1. The molecule has 17 heavy (non-hydrogen) atoms. The maximum absolute atomic E-state index is 12.0. The van der Waals surface area contributed by atoms with Gasteiger partial charge in [-0.1, -0.05) is 18.2 Å². The molecular formula is C14H18O3. The van der Waals surface area contributed by atoms with Gasteiger partial charge in [-0.3, -0.25) is 4.79 Å². The summed E-state index contributed by atoms with van der Waals surface area (Å²) in [6.45, 7) is 7.62. The van der Waals surface area contributed by atoms with E-state index < -0.39 is 5.41 Å².